The van der Waals surface area contributed by atoms with E-state index in [0.29, 0.717) is 12.3 Å². The lowest BCUT2D eigenvalue weighted by Gasteiger charge is -2.25. The standard InChI is InChI=1S/C17H22N2O2/c1-6-21-17(20)16-11(4)15-12(5)19-8-9(2)10(3)14(19)7-13(15)18-16/h8,12,18H,6-7H2,1-5H3. The fraction of sp³-hybridized carbons (Fsp3) is 0.471. The number of aryl methyl sites for hydroxylation is 1. The number of hydrogen-bond donors (Lipinski definition) is 1. The number of nitrogens with zero attached hydrogens (tertiary/aromatic N) is 1. The summed E-state index contributed by atoms with van der Waals surface area (Å²) in [4.78, 5) is 15.4. The molecule has 112 valence electrons. The summed E-state index contributed by atoms with van der Waals surface area (Å²) in [5.41, 5.74) is 8.02. The Bertz CT molecular complexity index is 722. The van der Waals surface area contributed by atoms with Crippen LogP contribution in [0.15, 0.2) is 6.20 Å². The minimum atomic E-state index is -0.255. The van der Waals surface area contributed by atoms with Gasteiger partial charge in [-0.15, -0.1) is 0 Å². The van der Waals surface area contributed by atoms with Crippen molar-refractivity contribution < 1.29 is 9.53 Å². The first kappa shape index (κ1) is 14.0. The average Bonchev–Trinajstić information content (AvgIpc) is 2.91. The van der Waals surface area contributed by atoms with Gasteiger partial charge in [-0.1, -0.05) is 0 Å². The molecule has 1 aliphatic rings. The molecule has 1 atom stereocenters. The van der Waals surface area contributed by atoms with Crippen molar-refractivity contribution in [3.05, 3.63) is 45.5 Å². The fourth-order valence-electron chi connectivity index (χ4n) is 3.47. The molecule has 0 saturated carbocycles. The Balaban J connectivity index is 2.09. The smallest absolute Gasteiger partial charge is 0.355 e. The van der Waals surface area contributed by atoms with Crippen molar-refractivity contribution in [1.82, 2.24) is 9.55 Å². The number of ether oxygens (including phenoxy) is 1. The van der Waals surface area contributed by atoms with E-state index in [0.717, 1.165) is 17.7 Å². The number of carbonyl (C=O) groups excluding carboxylic acids is 1. The summed E-state index contributed by atoms with van der Waals surface area (Å²) in [6, 6.07) is 0.246. The van der Waals surface area contributed by atoms with Gasteiger partial charge in [0.1, 0.15) is 5.69 Å². The van der Waals surface area contributed by atoms with E-state index in [-0.39, 0.29) is 12.0 Å². The number of fused-ring (bicyclic) bond motifs is 2. The minimum Gasteiger partial charge on any atom is -0.461 e. The Labute approximate surface area is 125 Å². The average molecular weight is 286 g/mol. The first-order valence-corrected chi connectivity index (χ1v) is 7.51. The third-order valence-corrected chi connectivity index (χ3v) is 4.71. The van der Waals surface area contributed by atoms with Gasteiger partial charge < -0.3 is 14.3 Å². The van der Waals surface area contributed by atoms with E-state index in [2.05, 4.69) is 36.5 Å². The van der Waals surface area contributed by atoms with Crippen LogP contribution in [0.25, 0.3) is 0 Å². The van der Waals surface area contributed by atoms with Gasteiger partial charge in [0.15, 0.2) is 0 Å². The molecular weight excluding hydrogens is 264 g/mol. The summed E-state index contributed by atoms with van der Waals surface area (Å²) >= 11 is 0. The van der Waals surface area contributed by atoms with Gasteiger partial charge in [-0.3, -0.25) is 0 Å². The Morgan fingerprint density at radius 1 is 1.38 bits per heavy atom. The molecular formula is C17H22N2O2. The van der Waals surface area contributed by atoms with Crippen LogP contribution in [0.4, 0.5) is 0 Å². The van der Waals surface area contributed by atoms with Crippen molar-refractivity contribution in [3.63, 3.8) is 0 Å². The highest BCUT2D eigenvalue weighted by molar-refractivity contribution is 5.90. The first-order valence-electron chi connectivity index (χ1n) is 7.51. The van der Waals surface area contributed by atoms with Crippen LogP contribution >= 0.6 is 0 Å². The van der Waals surface area contributed by atoms with Crippen LogP contribution in [0.2, 0.25) is 0 Å². The van der Waals surface area contributed by atoms with E-state index < -0.39 is 0 Å². The van der Waals surface area contributed by atoms with Crippen molar-refractivity contribution in [2.45, 2.75) is 47.1 Å². The van der Waals surface area contributed by atoms with E-state index in [4.69, 9.17) is 4.74 Å². The maximum absolute atomic E-state index is 12.1. The van der Waals surface area contributed by atoms with Crippen molar-refractivity contribution in [2.24, 2.45) is 0 Å². The molecule has 0 amide bonds. The summed E-state index contributed by atoms with van der Waals surface area (Å²) in [7, 11) is 0. The molecule has 3 rings (SSSR count). The first-order chi connectivity index (χ1) is 9.95. The molecule has 0 spiro atoms. The number of rotatable bonds is 2. The lowest BCUT2D eigenvalue weighted by molar-refractivity contribution is 0.0519. The van der Waals surface area contributed by atoms with Gasteiger partial charge in [0.25, 0.3) is 0 Å². The summed E-state index contributed by atoms with van der Waals surface area (Å²) in [6.07, 6.45) is 3.06. The second-order valence-corrected chi connectivity index (χ2v) is 5.88. The highest BCUT2D eigenvalue weighted by atomic mass is 16.5. The fourth-order valence-corrected chi connectivity index (χ4v) is 3.47. The van der Waals surface area contributed by atoms with Gasteiger partial charge >= 0.3 is 5.97 Å². The maximum atomic E-state index is 12.1. The third kappa shape index (κ3) is 1.93. The quantitative estimate of drug-likeness (QED) is 0.860. The molecule has 0 aromatic carbocycles. The number of aromatic nitrogens is 2. The zero-order valence-electron chi connectivity index (χ0n) is 13.3. The van der Waals surface area contributed by atoms with E-state index in [1.54, 1.807) is 0 Å². The lowest BCUT2D eigenvalue weighted by atomic mass is 9.96. The monoisotopic (exact) mass is 286 g/mol. The number of H-pyrrole nitrogens is 1. The van der Waals surface area contributed by atoms with Crippen molar-refractivity contribution >= 4 is 5.97 Å². The maximum Gasteiger partial charge on any atom is 0.355 e. The van der Waals surface area contributed by atoms with Gasteiger partial charge in [-0.25, -0.2) is 4.79 Å². The van der Waals surface area contributed by atoms with E-state index in [1.165, 1.54) is 22.4 Å². The molecule has 1 N–H and O–H groups in total. The van der Waals surface area contributed by atoms with Crippen LogP contribution in [0.1, 0.15) is 64.0 Å². The van der Waals surface area contributed by atoms with Crippen LogP contribution in [-0.2, 0) is 11.2 Å². The van der Waals surface area contributed by atoms with Gasteiger partial charge in [-0.05, 0) is 56.9 Å². The minimum absolute atomic E-state index is 0.246. The normalized spacial score (nSPS) is 16.5. The number of nitrogens with one attached hydrogen (secondary N) is 1. The predicted octanol–water partition coefficient (Wildman–Crippen LogP) is 3.43. The molecule has 1 aliphatic heterocycles. The summed E-state index contributed by atoms with van der Waals surface area (Å²) in [5, 5.41) is 0. The molecule has 21 heavy (non-hydrogen) atoms. The largest absolute Gasteiger partial charge is 0.461 e. The number of esters is 1. The third-order valence-electron chi connectivity index (χ3n) is 4.71. The summed E-state index contributed by atoms with van der Waals surface area (Å²) in [6.45, 7) is 10.7. The zero-order valence-corrected chi connectivity index (χ0v) is 13.3. The van der Waals surface area contributed by atoms with E-state index in [9.17, 15) is 4.79 Å². The van der Waals surface area contributed by atoms with Gasteiger partial charge in [0.05, 0.1) is 12.6 Å². The van der Waals surface area contributed by atoms with Crippen molar-refractivity contribution in [2.75, 3.05) is 6.61 Å². The Morgan fingerprint density at radius 3 is 2.76 bits per heavy atom. The Morgan fingerprint density at radius 2 is 2.10 bits per heavy atom. The number of hydrogen-bond acceptors (Lipinski definition) is 2. The van der Waals surface area contributed by atoms with E-state index in [1.807, 2.05) is 13.8 Å². The van der Waals surface area contributed by atoms with Crippen LogP contribution in [-0.4, -0.2) is 22.1 Å². The SMILES string of the molecule is CCOC(=O)c1[nH]c2c(c1C)C(C)n1cc(C)c(C)c1C2. The lowest BCUT2D eigenvalue weighted by Crippen LogP contribution is -2.17. The molecule has 4 nitrogen and oxygen atoms in total. The second kappa shape index (κ2) is 4.79. The van der Waals surface area contributed by atoms with Gasteiger partial charge in [-0.2, -0.15) is 0 Å². The molecule has 3 heterocycles. The van der Waals surface area contributed by atoms with E-state index >= 15 is 0 Å². The van der Waals surface area contributed by atoms with Gasteiger partial charge in [0, 0.05) is 24.0 Å². The van der Waals surface area contributed by atoms with Crippen molar-refractivity contribution in [1.29, 1.82) is 0 Å². The molecule has 0 bridgehead atoms. The van der Waals surface area contributed by atoms with Crippen LogP contribution in [0.3, 0.4) is 0 Å². The number of aromatic amines is 1. The summed E-state index contributed by atoms with van der Waals surface area (Å²) < 4.78 is 7.48. The van der Waals surface area contributed by atoms with Crippen LogP contribution in [0, 0.1) is 20.8 Å². The molecule has 0 fully saturated rings. The predicted molar refractivity (Wildman–Crippen MR) is 82.0 cm³/mol. The van der Waals surface area contributed by atoms with Crippen LogP contribution < -0.4 is 0 Å². The van der Waals surface area contributed by atoms with Crippen LogP contribution in [0.5, 0.6) is 0 Å². The highest BCUT2D eigenvalue weighted by Gasteiger charge is 2.30. The molecule has 4 heteroatoms. The second-order valence-electron chi connectivity index (χ2n) is 5.88. The Kier molecular flexibility index (Phi) is 3.19. The Hall–Kier alpha value is -1.97. The van der Waals surface area contributed by atoms with Gasteiger partial charge in [0.2, 0.25) is 0 Å². The topological polar surface area (TPSA) is 47.0 Å². The molecule has 1 unspecified atom stereocenters. The molecule has 0 radical (unpaired) electrons. The molecule has 2 aromatic heterocycles. The van der Waals surface area contributed by atoms with Crippen molar-refractivity contribution in [3.8, 4) is 0 Å². The highest BCUT2D eigenvalue weighted by Crippen LogP contribution is 2.37. The molecule has 2 aromatic rings. The summed E-state index contributed by atoms with van der Waals surface area (Å²) in [5.74, 6) is -0.255. The molecule has 0 aliphatic carbocycles. The molecule has 0 saturated heterocycles. The number of carbonyl (C=O) groups is 1. The zero-order chi connectivity index (χ0) is 15.3.